The maximum Gasteiger partial charge on any atom is 0.190 e. The summed E-state index contributed by atoms with van der Waals surface area (Å²) in [5.41, 5.74) is 0. The second-order valence-corrected chi connectivity index (χ2v) is 5.05. The van der Waals surface area contributed by atoms with Crippen molar-refractivity contribution < 1.29 is 0 Å². The molecule has 1 heterocycles. The molecule has 0 unspecified atom stereocenters. The molecule has 0 bridgehead atoms. The van der Waals surface area contributed by atoms with E-state index in [1.165, 1.54) is 0 Å². The molecule has 0 aliphatic rings. The predicted molar refractivity (Wildman–Crippen MR) is 67.9 cm³/mol. The van der Waals surface area contributed by atoms with E-state index in [-0.39, 0.29) is 0 Å². The highest BCUT2D eigenvalue weighted by atomic mass is 32.2. The Morgan fingerprint density at radius 1 is 1.31 bits per heavy atom. The van der Waals surface area contributed by atoms with Crippen molar-refractivity contribution in [3.63, 3.8) is 0 Å². The lowest BCUT2D eigenvalue weighted by Gasteiger charge is -2.09. The van der Waals surface area contributed by atoms with E-state index in [9.17, 15) is 0 Å². The van der Waals surface area contributed by atoms with E-state index in [4.69, 9.17) is 0 Å². The van der Waals surface area contributed by atoms with E-state index in [0.29, 0.717) is 0 Å². The SMILES string of the molecule is Cc1nnc(SCCNCCN(C)C)n1C. The van der Waals surface area contributed by atoms with Crippen LogP contribution in [0.1, 0.15) is 5.82 Å². The van der Waals surface area contributed by atoms with Gasteiger partial charge in [-0.2, -0.15) is 0 Å². The first-order valence-corrected chi connectivity index (χ1v) is 6.44. The number of thioether (sulfide) groups is 1. The molecule has 0 aliphatic heterocycles. The minimum atomic E-state index is 0.961. The van der Waals surface area contributed by atoms with Gasteiger partial charge in [0.2, 0.25) is 0 Å². The summed E-state index contributed by atoms with van der Waals surface area (Å²) >= 11 is 1.74. The predicted octanol–water partition coefficient (Wildman–Crippen LogP) is 0.367. The topological polar surface area (TPSA) is 46.0 Å². The lowest BCUT2D eigenvalue weighted by atomic mass is 10.5. The van der Waals surface area contributed by atoms with Crippen molar-refractivity contribution >= 4 is 11.8 Å². The maximum atomic E-state index is 4.10. The van der Waals surface area contributed by atoms with Crippen LogP contribution in [0.5, 0.6) is 0 Å². The molecule has 0 aromatic carbocycles. The molecule has 0 amide bonds. The van der Waals surface area contributed by atoms with E-state index in [1.54, 1.807) is 11.8 Å². The minimum Gasteiger partial charge on any atom is -0.315 e. The van der Waals surface area contributed by atoms with Gasteiger partial charge in [0.05, 0.1) is 0 Å². The second-order valence-electron chi connectivity index (χ2n) is 3.99. The first-order valence-electron chi connectivity index (χ1n) is 5.45. The Morgan fingerprint density at radius 3 is 2.62 bits per heavy atom. The highest BCUT2D eigenvalue weighted by Gasteiger charge is 2.04. The van der Waals surface area contributed by atoms with Gasteiger partial charge in [0, 0.05) is 32.4 Å². The average molecular weight is 243 g/mol. The smallest absolute Gasteiger partial charge is 0.190 e. The molecule has 6 heteroatoms. The highest BCUT2D eigenvalue weighted by Crippen LogP contribution is 2.13. The van der Waals surface area contributed by atoms with Gasteiger partial charge >= 0.3 is 0 Å². The summed E-state index contributed by atoms with van der Waals surface area (Å²) in [6.07, 6.45) is 0. The Labute approximate surface area is 102 Å². The Balaban J connectivity index is 2.10. The third-order valence-corrected chi connectivity index (χ3v) is 3.32. The number of nitrogens with one attached hydrogen (secondary N) is 1. The molecule has 0 saturated carbocycles. The molecule has 0 atom stereocenters. The number of rotatable bonds is 7. The molecule has 0 radical (unpaired) electrons. The molecule has 1 N–H and O–H groups in total. The van der Waals surface area contributed by atoms with E-state index in [2.05, 4.69) is 34.5 Å². The van der Waals surface area contributed by atoms with E-state index < -0.39 is 0 Å². The number of aromatic nitrogens is 3. The summed E-state index contributed by atoms with van der Waals surface area (Å²) in [5.74, 6) is 1.99. The molecule has 92 valence electrons. The van der Waals surface area contributed by atoms with Crippen molar-refractivity contribution in [3.8, 4) is 0 Å². The summed E-state index contributed by atoms with van der Waals surface area (Å²) in [6.45, 7) is 5.08. The molecule has 1 rings (SSSR count). The monoisotopic (exact) mass is 243 g/mol. The quantitative estimate of drug-likeness (QED) is 0.554. The first-order chi connectivity index (χ1) is 7.61. The fourth-order valence-corrected chi connectivity index (χ4v) is 2.01. The Bertz CT molecular complexity index is 310. The van der Waals surface area contributed by atoms with Crippen LogP contribution < -0.4 is 5.32 Å². The summed E-state index contributed by atoms with van der Waals surface area (Å²) < 4.78 is 2.02. The van der Waals surface area contributed by atoms with Gasteiger partial charge in [-0.3, -0.25) is 0 Å². The maximum absolute atomic E-state index is 4.10. The molecular weight excluding hydrogens is 222 g/mol. The molecule has 0 saturated heterocycles. The summed E-state index contributed by atoms with van der Waals surface area (Å²) in [5, 5.41) is 12.5. The van der Waals surface area contributed by atoms with Crippen LogP contribution in [-0.2, 0) is 7.05 Å². The van der Waals surface area contributed by atoms with Gasteiger partial charge in [-0.05, 0) is 21.0 Å². The number of likely N-dealkylation sites (N-methyl/N-ethyl adjacent to an activating group) is 1. The van der Waals surface area contributed by atoms with Gasteiger partial charge in [-0.15, -0.1) is 10.2 Å². The normalized spacial score (nSPS) is 11.3. The van der Waals surface area contributed by atoms with Crippen LogP contribution in [0.3, 0.4) is 0 Å². The zero-order chi connectivity index (χ0) is 12.0. The number of hydrogen-bond donors (Lipinski definition) is 1. The van der Waals surface area contributed by atoms with E-state index in [1.807, 2.05) is 18.5 Å². The molecule has 16 heavy (non-hydrogen) atoms. The van der Waals surface area contributed by atoms with Crippen LogP contribution in [0.15, 0.2) is 5.16 Å². The molecular formula is C10H21N5S. The standard InChI is InChI=1S/C10H21N5S/c1-9-12-13-10(15(9)4)16-8-6-11-5-7-14(2)3/h11H,5-8H2,1-4H3. The van der Waals surface area contributed by atoms with Gasteiger partial charge in [0.15, 0.2) is 5.16 Å². The second kappa shape index (κ2) is 6.88. The van der Waals surface area contributed by atoms with E-state index in [0.717, 1.165) is 36.4 Å². The molecule has 5 nitrogen and oxygen atoms in total. The lowest BCUT2D eigenvalue weighted by Crippen LogP contribution is -2.28. The number of nitrogens with zero attached hydrogens (tertiary/aromatic N) is 4. The average Bonchev–Trinajstić information content (AvgIpc) is 2.54. The van der Waals surface area contributed by atoms with Crippen LogP contribution in [0, 0.1) is 6.92 Å². The van der Waals surface area contributed by atoms with Gasteiger partial charge in [0.1, 0.15) is 5.82 Å². The van der Waals surface area contributed by atoms with Crippen LogP contribution in [0.2, 0.25) is 0 Å². The van der Waals surface area contributed by atoms with Gasteiger partial charge in [0.25, 0.3) is 0 Å². The first kappa shape index (κ1) is 13.5. The zero-order valence-corrected chi connectivity index (χ0v) is 11.3. The summed E-state index contributed by atoms with van der Waals surface area (Å²) in [4.78, 5) is 2.17. The van der Waals surface area contributed by atoms with Gasteiger partial charge in [-0.1, -0.05) is 11.8 Å². The number of aryl methyl sites for hydroxylation is 1. The Morgan fingerprint density at radius 2 is 2.06 bits per heavy atom. The van der Waals surface area contributed by atoms with Crippen molar-refractivity contribution in [1.29, 1.82) is 0 Å². The largest absolute Gasteiger partial charge is 0.315 e. The minimum absolute atomic E-state index is 0.961. The number of hydrogen-bond acceptors (Lipinski definition) is 5. The molecule has 1 aromatic rings. The third kappa shape index (κ3) is 4.51. The third-order valence-electron chi connectivity index (χ3n) is 2.30. The molecule has 0 spiro atoms. The molecule has 0 fully saturated rings. The fourth-order valence-electron chi connectivity index (χ4n) is 1.16. The van der Waals surface area contributed by atoms with Gasteiger partial charge in [-0.25, -0.2) is 0 Å². The summed E-state index contributed by atoms with van der Waals surface area (Å²) in [6, 6.07) is 0. The van der Waals surface area contributed by atoms with E-state index >= 15 is 0 Å². The van der Waals surface area contributed by atoms with Crippen molar-refractivity contribution in [2.75, 3.05) is 39.5 Å². The van der Waals surface area contributed by atoms with Crippen LogP contribution in [-0.4, -0.2) is 59.1 Å². The Kier molecular flexibility index (Phi) is 5.79. The van der Waals surface area contributed by atoms with Crippen molar-refractivity contribution in [3.05, 3.63) is 5.82 Å². The van der Waals surface area contributed by atoms with Crippen molar-refractivity contribution in [2.45, 2.75) is 12.1 Å². The van der Waals surface area contributed by atoms with Crippen LogP contribution in [0.4, 0.5) is 0 Å². The molecule has 0 aliphatic carbocycles. The molecule has 1 aromatic heterocycles. The van der Waals surface area contributed by atoms with Crippen molar-refractivity contribution in [2.24, 2.45) is 7.05 Å². The zero-order valence-electron chi connectivity index (χ0n) is 10.5. The lowest BCUT2D eigenvalue weighted by molar-refractivity contribution is 0.403. The van der Waals surface area contributed by atoms with Crippen LogP contribution in [0.25, 0.3) is 0 Å². The highest BCUT2D eigenvalue weighted by molar-refractivity contribution is 7.99. The van der Waals surface area contributed by atoms with Gasteiger partial charge < -0.3 is 14.8 Å². The van der Waals surface area contributed by atoms with Crippen molar-refractivity contribution in [1.82, 2.24) is 25.0 Å². The van der Waals surface area contributed by atoms with Crippen LogP contribution >= 0.6 is 11.8 Å². The summed E-state index contributed by atoms with van der Waals surface area (Å²) in [7, 11) is 6.16. The fraction of sp³-hybridized carbons (Fsp3) is 0.800. The Hall–Kier alpha value is -0.590.